The molecule has 0 atom stereocenters. The van der Waals surface area contributed by atoms with Crippen LogP contribution in [0.1, 0.15) is 12.0 Å². The number of amides is 2. The molecule has 0 aromatic heterocycles. The quantitative estimate of drug-likeness (QED) is 0.450. The molecule has 0 fully saturated rings. The zero-order valence-corrected chi connectivity index (χ0v) is 12.9. The predicted molar refractivity (Wildman–Crippen MR) is 79.7 cm³/mol. The van der Waals surface area contributed by atoms with Gasteiger partial charge in [-0.1, -0.05) is 6.07 Å². The van der Waals surface area contributed by atoms with E-state index >= 15 is 0 Å². The molecule has 7 heteroatoms. The normalized spacial score (nSPS) is 12.3. The van der Waals surface area contributed by atoms with E-state index in [1.807, 2.05) is 20.2 Å². The zero-order chi connectivity index (χ0) is 15.9. The van der Waals surface area contributed by atoms with Crippen molar-refractivity contribution in [3.05, 3.63) is 23.8 Å². The third kappa shape index (κ3) is 4.63. The molecule has 0 aliphatic carbocycles. The fraction of sp³-hybridized carbons (Fsp3) is 0.467. The van der Waals surface area contributed by atoms with E-state index in [4.69, 9.17) is 9.47 Å². The van der Waals surface area contributed by atoms with E-state index in [1.54, 1.807) is 12.1 Å². The highest BCUT2D eigenvalue weighted by atomic mass is 16.7. The fourth-order valence-electron chi connectivity index (χ4n) is 2.04. The van der Waals surface area contributed by atoms with Crippen LogP contribution in [0.4, 0.5) is 0 Å². The summed E-state index contributed by atoms with van der Waals surface area (Å²) in [5, 5.41) is 5.19. The Balaban J connectivity index is 1.71. The molecule has 1 heterocycles. The van der Waals surface area contributed by atoms with E-state index in [-0.39, 0.29) is 13.3 Å². The summed E-state index contributed by atoms with van der Waals surface area (Å²) in [5.41, 5.74) is 0.849. The molecule has 0 radical (unpaired) electrons. The second-order valence-electron chi connectivity index (χ2n) is 5.44. The number of benzene rings is 1. The molecule has 120 valence electrons. The minimum atomic E-state index is -0.630. The summed E-state index contributed by atoms with van der Waals surface area (Å²) in [7, 11) is 4.08. The highest BCUT2D eigenvalue weighted by molar-refractivity contribution is 6.35. The number of hydrogen-bond donors (Lipinski definition) is 3. The summed E-state index contributed by atoms with van der Waals surface area (Å²) in [6.07, 6.45) is 0.837. The Morgan fingerprint density at radius 3 is 2.64 bits per heavy atom. The lowest BCUT2D eigenvalue weighted by Gasteiger charge is -2.08. The van der Waals surface area contributed by atoms with Gasteiger partial charge in [-0.05, 0) is 17.7 Å². The maximum Gasteiger partial charge on any atom is 0.309 e. The molecule has 0 bridgehead atoms. The van der Waals surface area contributed by atoms with E-state index in [0.717, 1.165) is 18.5 Å². The van der Waals surface area contributed by atoms with Crippen molar-refractivity contribution >= 4 is 11.8 Å². The molecule has 1 aliphatic rings. The summed E-state index contributed by atoms with van der Waals surface area (Å²) in [4.78, 5) is 24.6. The summed E-state index contributed by atoms with van der Waals surface area (Å²) in [5.74, 6) is 0.114. The Morgan fingerprint density at radius 1 is 1.14 bits per heavy atom. The van der Waals surface area contributed by atoms with Gasteiger partial charge in [-0.25, -0.2) is 0 Å². The van der Waals surface area contributed by atoms with Crippen LogP contribution in [0.2, 0.25) is 0 Å². The van der Waals surface area contributed by atoms with Gasteiger partial charge in [0.15, 0.2) is 11.5 Å². The van der Waals surface area contributed by atoms with Crippen LogP contribution < -0.4 is 25.0 Å². The summed E-state index contributed by atoms with van der Waals surface area (Å²) in [6.45, 7) is 1.92. The average Bonchev–Trinajstić information content (AvgIpc) is 2.96. The zero-order valence-electron chi connectivity index (χ0n) is 12.9. The van der Waals surface area contributed by atoms with Crippen LogP contribution in [0, 0.1) is 0 Å². The number of nitrogens with one attached hydrogen (secondary N) is 3. The van der Waals surface area contributed by atoms with Gasteiger partial charge in [-0.15, -0.1) is 0 Å². The second kappa shape index (κ2) is 7.65. The molecule has 0 unspecified atom stereocenters. The smallest absolute Gasteiger partial charge is 0.309 e. The molecular formula is C15H22N3O4+. The molecule has 3 N–H and O–H groups in total. The lowest BCUT2D eigenvalue weighted by molar-refractivity contribution is -0.858. The van der Waals surface area contributed by atoms with Crippen LogP contribution in [0.5, 0.6) is 11.5 Å². The van der Waals surface area contributed by atoms with E-state index in [1.165, 1.54) is 4.90 Å². The minimum Gasteiger partial charge on any atom is -0.454 e. The maximum atomic E-state index is 11.7. The van der Waals surface area contributed by atoms with Crippen molar-refractivity contribution in [2.24, 2.45) is 0 Å². The first-order valence-corrected chi connectivity index (χ1v) is 7.30. The highest BCUT2D eigenvalue weighted by Crippen LogP contribution is 2.32. The molecule has 0 spiro atoms. The van der Waals surface area contributed by atoms with Gasteiger partial charge in [-0.3, -0.25) is 9.59 Å². The Morgan fingerprint density at radius 2 is 1.86 bits per heavy atom. The van der Waals surface area contributed by atoms with Crippen molar-refractivity contribution < 1.29 is 24.0 Å². The maximum absolute atomic E-state index is 11.7. The Bertz CT molecular complexity index is 546. The van der Waals surface area contributed by atoms with Gasteiger partial charge in [0.2, 0.25) is 6.79 Å². The van der Waals surface area contributed by atoms with Crippen molar-refractivity contribution in [2.45, 2.75) is 13.0 Å². The monoisotopic (exact) mass is 308 g/mol. The topological polar surface area (TPSA) is 81.1 Å². The van der Waals surface area contributed by atoms with Crippen molar-refractivity contribution in [1.82, 2.24) is 10.6 Å². The van der Waals surface area contributed by atoms with Crippen molar-refractivity contribution in [1.29, 1.82) is 0 Å². The molecule has 1 aromatic rings. The Hall–Kier alpha value is -2.28. The van der Waals surface area contributed by atoms with Gasteiger partial charge < -0.3 is 25.0 Å². The molecule has 22 heavy (non-hydrogen) atoms. The van der Waals surface area contributed by atoms with Crippen LogP contribution in [-0.2, 0) is 16.1 Å². The van der Waals surface area contributed by atoms with Crippen LogP contribution in [0.25, 0.3) is 0 Å². The van der Waals surface area contributed by atoms with Gasteiger partial charge in [0.05, 0.1) is 20.6 Å². The molecule has 0 saturated carbocycles. The number of fused-ring (bicyclic) bond motifs is 1. The molecule has 1 aliphatic heterocycles. The number of hydrogen-bond acceptors (Lipinski definition) is 4. The van der Waals surface area contributed by atoms with E-state index in [9.17, 15) is 9.59 Å². The van der Waals surface area contributed by atoms with Gasteiger partial charge in [0.25, 0.3) is 0 Å². The number of ether oxygens (including phenoxy) is 2. The number of carbonyl (C=O) groups excluding carboxylic acids is 2. The summed E-state index contributed by atoms with van der Waals surface area (Å²) in [6, 6.07) is 5.40. The number of rotatable bonds is 6. The average molecular weight is 308 g/mol. The molecule has 2 rings (SSSR count). The predicted octanol–water partition coefficient (Wildman–Crippen LogP) is -1.32. The van der Waals surface area contributed by atoms with Crippen LogP contribution in [-0.4, -0.2) is 45.8 Å². The lowest BCUT2D eigenvalue weighted by Crippen LogP contribution is -3.05. The summed E-state index contributed by atoms with van der Waals surface area (Å²) < 4.78 is 10.5. The molecule has 0 saturated heterocycles. The van der Waals surface area contributed by atoms with Gasteiger partial charge >= 0.3 is 11.8 Å². The first-order chi connectivity index (χ1) is 10.6. The van der Waals surface area contributed by atoms with Gasteiger partial charge in [0.1, 0.15) is 0 Å². The Labute approximate surface area is 129 Å². The third-order valence-electron chi connectivity index (χ3n) is 3.24. The first-order valence-electron chi connectivity index (χ1n) is 7.30. The number of carbonyl (C=O) groups is 2. The third-order valence-corrected chi connectivity index (χ3v) is 3.24. The number of quaternary nitrogens is 1. The highest BCUT2D eigenvalue weighted by Gasteiger charge is 2.15. The lowest BCUT2D eigenvalue weighted by atomic mass is 10.2. The van der Waals surface area contributed by atoms with Crippen molar-refractivity contribution in [2.75, 3.05) is 34.0 Å². The summed E-state index contributed by atoms with van der Waals surface area (Å²) >= 11 is 0. The van der Waals surface area contributed by atoms with Crippen LogP contribution in [0.15, 0.2) is 18.2 Å². The van der Waals surface area contributed by atoms with Crippen LogP contribution >= 0.6 is 0 Å². The van der Waals surface area contributed by atoms with Gasteiger partial charge in [-0.2, -0.15) is 0 Å². The second-order valence-corrected chi connectivity index (χ2v) is 5.44. The van der Waals surface area contributed by atoms with E-state index in [2.05, 4.69) is 10.6 Å². The molecular weight excluding hydrogens is 286 g/mol. The van der Waals surface area contributed by atoms with Crippen molar-refractivity contribution in [3.63, 3.8) is 0 Å². The van der Waals surface area contributed by atoms with Crippen molar-refractivity contribution in [3.8, 4) is 11.5 Å². The first kappa shape index (κ1) is 16.1. The van der Waals surface area contributed by atoms with E-state index < -0.39 is 11.8 Å². The standard InChI is InChI=1S/C15H21N3O4/c1-18(2)7-3-6-16-14(19)15(20)17-9-11-4-5-12-13(8-11)22-10-21-12/h4-5,8H,3,6-7,9-10H2,1-2H3,(H,16,19)(H,17,20)/p+1. The molecule has 7 nitrogen and oxygen atoms in total. The molecule has 2 amide bonds. The largest absolute Gasteiger partial charge is 0.454 e. The Kier molecular flexibility index (Phi) is 5.60. The van der Waals surface area contributed by atoms with Crippen LogP contribution in [0.3, 0.4) is 0 Å². The van der Waals surface area contributed by atoms with E-state index in [0.29, 0.717) is 18.0 Å². The van der Waals surface area contributed by atoms with Gasteiger partial charge in [0, 0.05) is 19.5 Å². The minimum absolute atomic E-state index is 0.211. The SMILES string of the molecule is C[NH+](C)CCCNC(=O)C(=O)NCc1ccc2c(c1)OCO2. The fourth-order valence-corrected chi connectivity index (χ4v) is 2.04. The molecule has 1 aromatic carbocycles.